The van der Waals surface area contributed by atoms with E-state index in [1.807, 2.05) is 24.3 Å². The van der Waals surface area contributed by atoms with E-state index in [9.17, 15) is 4.79 Å². The van der Waals surface area contributed by atoms with E-state index in [0.29, 0.717) is 6.42 Å². The van der Waals surface area contributed by atoms with Crippen molar-refractivity contribution in [1.29, 1.82) is 0 Å². The van der Waals surface area contributed by atoms with Gasteiger partial charge in [-0.25, -0.2) is 0 Å². The number of fused-ring (bicyclic) bond motifs is 2. The van der Waals surface area contributed by atoms with E-state index in [1.165, 1.54) is 16.8 Å². The van der Waals surface area contributed by atoms with Crippen LogP contribution in [-0.2, 0) is 17.6 Å². The van der Waals surface area contributed by atoms with Crippen molar-refractivity contribution in [2.75, 3.05) is 44.2 Å². The summed E-state index contributed by atoms with van der Waals surface area (Å²) in [6.07, 6.45) is 11.9. The van der Waals surface area contributed by atoms with E-state index >= 15 is 0 Å². The number of allylic oxidation sites excluding steroid dienone is 2. The van der Waals surface area contributed by atoms with Gasteiger partial charge in [0.05, 0.1) is 6.61 Å². The van der Waals surface area contributed by atoms with E-state index in [4.69, 9.17) is 4.74 Å². The second kappa shape index (κ2) is 9.11. The van der Waals surface area contributed by atoms with Gasteiger partial charge in [0.25, 0.3) is 0 Å². The number of ether oxygens (including phenoxy) is 1. The van der Waals surface area contributed by atoms with Crippen LogP contribution < -0.4 is 9.64 Å². The Labute approximate surface area is 184 Å². The molecule has 0 bridgehead atoms. The summed E-state index contributed by atoms with van der Waals surface area (Å²) in [7, 11) is 0. The Morgan fingerprint density at radius 1 is 0.903 bits per heavy atom. The highest BCUT2D eigenvalue weighted by Crippen LogP contribution is 2.30. The zero-order chi connectivity index (χ0) is 21.0. The summed E-state index contributed by atoms with van der Waals surface area (Å²) in [5, 5.41) is 0. The first kappa shape index (κ1) is 20.1. The van der Waals surface area contributed by atoms with Crippen LogP contribution in [0.5, 0.6) is 5.75 Å². The number of hydrogen-bond acceptors (Lipinski definition) is 4. The van der Waals surface area contributed by atoms with Gasteiger partial charge < -0.3 is 9.64 Å². The van der Waals surface area contributed by atoms with Crippen molar-refractivity contribution in [3.8, 4) is 5.75 Å². The van der Waals surface area contributed by atoms with Gasteiger partial charge in [-0.15, -0.1) is 0 Å². The van der Waals surface area contributed by atoms with Gasteiger partial charge in [-0.3, -0.25) is 9.69 Å². The summed E-state index contributed by atoms with van der Waals surface area (Å²) in [5.41, 5.74) is 6.49. The molecule has 0 aromatic heterocycles. The molecule has 31 heavy (non-hydrogen) atoms. The van der Waals surface area contributed by atoms with Crippen LogP contribution in [0.3, 0.4) is 0 Å². The van der Waals surface area contributed by atoms with E-state index in [1.54, 1.807) is 6.08 Å². The average Bonchev–Trinajstić information content (AvgIpc) is 3.28. The lowest BCUT2D eigenvalue weighted by molar-refractivity contribution is -0.114. The fraction of sp³-hybridized carbons (Fsp3) is 0.370. The maximum atomic E-state index is 11.6. The molecule has 1 heterocycles. The SMILES string of the molecule is O=C1C=Cc2ccc(OCCCCN3CCN(c4cccc5c4C=CC5)CC3)cc2C1. The van der Waals surface area contributed by atoms with Crippen LogP contribution in [0.1, 0.15) is 35.1 Å². The molecule has 2 aromatic rings. The first-order valence-electron chi connectivity index (χ1n) is 11.5. The fourth-order valence-electron chi connectivity index (χ4n) is 4.81. The Hall–Kier alpha value is -2.85. The minimum Gasteiger partial charge on any atom is -0.494 e. The molecule has 1 fully saturated rings. The van der Waals surface area contributed by atoms with Crippen LogP contribution in [-0.4, -0.2) is 50.0 Å². The molecule has 0 atom stereocenters. The lowest BCUT2D eigenvalue weighted by Gasteiger charge is -2.37. The standard InChI is InChI=1S/C27H30N2O2/c30-24-11-9-21-10-12-25(20-23(21)19-24)31-18-2-1-13-28-14-16-29(17-15-28)27-8-4-6-22-5-3-7-26(22)27/h3-4,6-12,20H,1-2,5,13-19H2. The smallest absolute Gasteiger partial charge is 0.160 e. The predicted octanol–water partition coefficient (Wildman–Crippen LogP) is 4.38. The van der Waals surface area contributed by atoms with Crippen molar-refractivity contribution < 1.29 is 9.53 Å². The number of piperazine rings is 1. The maximum Gasteiger partial charge on any atom is 0.160 e. The normalized spacial score (nSPS) is 17.7. The molecule has 0 unspecified atom stereocenters. The molecule has 4 heteroatoms. The summed E-state index contributed by atoms with van der Waals surface area (Å²) in [6, 6.07) is 12.8. The molecule has 3 aliphatic rings. The fourth-order valence-corrected chi connectivity index (χ4v) is 4.81. The Morgan fingerprint density at radius 2 is 1.81 bits per heavy atom. The summed E-state index contributed by atoms with van der Waals surface area (Å²) < 4.78 is 5.95. The van der Waals surface area contributed by atoms with Gasteiger partial charge in [0, 0.05) is 43.9 Å². The molecular formula is C27H30N2O2. The van der Waals surface area contributed by atoms with Crippen LogP contribution in [0.25, 0.3) is 12.2 Å². The predicted molar refractivity (Wildman–Crippen MR) is 127 cm³/mol. The molecule has 2 aromatic carbocycles. The first-order chi connectivity index (χ1) is 15.3. The van der Waals surface area contributed by atoms with Gasteiger partial charge in [-0.2, -0.15) is 0 Å². The third-order valence-corrected chi connectivity index (χ3v) is 6.57. The highest BCUT2D eigenvalue weighted by atomic mass is 16.5. The highest BCUT2D eigenvalue weighted by molar-refractivity contribution is 5.98. The minimum absolute atomic E-state index is 0.165. The van der Waals surface area contributed by atoms with Crippen LogP contribution in [0.4, 0.5) is 5.69 Å². The van der Waals surface area contributed by atoms with E-state index in [-0.39, 0.29) is 5.78 Å². The molecule has 1 aliphatic heterocycles. The summed E-state index contributed by atoms with van der Waals surface area (Å²) >= 11 is 0. The molecule has 0 radical (unpaired) electrons. The largest absolute Gasteiger partial charge is 0.494 e. The van der Waals surface area contributed by atoms with E-state index in [0.717, 1.165) is 75.5 Å². The monoisotopic (exact) mass is 414 g/mol. The number of benzene rings is 2. The van der Waals surface area contributed by atoms with Gasteiger partial charge in [0.2, 0.25) is 0 Å². The third kappa shape index (κ3) is 4.59. The Kier molecular flexibility index (Phi) is 5.90. The van der Waals surface area contributed by atoms with Crippen molar-refractivity contribution in [1.82, 2.24) is 4.90 Å². The number of hydrogen-bond donors (Lipinski definition) is 0. The topological polar surface area (TPSA) is 32.8 Å². The molecule has 2 aliphatic carbocycles. The molecule has 160 valence electrons. The van der Waals surface area contributed by atoms with E-state index < -0.39 is 0 Å². The first-order valence-corrected chi connectivity index (χ1v) is 11.5. The molecular weight excluding hydrogens is 384 g/mol. The summed E-state index contributed by atoms with van der Waals surface area (Å²) in [4.78, 5) is 16.7. The van der Waals surface area contributed by atoms with Gasteiger partial charge in [-0.1, -0.05) is 36.4 Å². The minimum atomic E-state index is 0.165. The number of anilines is 1. The van der Waals surface area contributed by atoms with Crippen molar-refractivity contribution in [3.63, 3.8) is 0 Å². The number of ketones is 1. The second-order valence-corrected chi connectivity index (χ2v) is 8.68. The molecule has 0 spiro atoms. The van der Waals surface area contributed by atoms with Crippen molar-refractivity contribution >= 4 is 23.6 Å². The number of nitrogens with zero attached hydrogens (tertiary/aromatic N) is 2. The maximum absolute atomic E-state index is 11.6. The Bertz CT molecular complexity index is 1020. The molecule has 0 N–H and O–H groups in total. The number of carbonyl (C=O) groups is 1. The van der Waals surface area contributed by atoms with Crippen LogP contribution in [0.2, 0.25) is 0 Å². The van der Waals surface area contributed by atoms with Gasteiger partial charge in [-0.05, 0) is 66.8 Å². The third-order valence-electron chi connectivity index (χ3n) is 6.57. The second-order valence-electron chi connectivity index (χ2n) is 8.68. The van der Waals surface area contributed by atoms with Gasteiger partial charge in [0.1, 0.15) is 5.75 Å². The molecule has 0 amide bonds. The van der Waals surface area contributed by atoms with Gasteiger partial charge in [0.15, 0.2) is 5.78 Å². The van der Waals surface area contributed by atoms with Crippen molar-refractivity contribution in [3.05, 3.63) is 70.8 Å². The molecule has 0 saturated carbocycles. The zero-order valence-corrected chi connectivity index (χ0v) is 18.1. The Balaban J connectivity index is 1.03. The average molecular weight is 415 g/mol. The van der Waals surface area contributed by atoms with Crippen LogP contribution in [0, 0.1) is 0 Å². The number of carbonyl (C=O) groups excluding carboxylic acids is 1. The molecule has 5 rings (SSSR count). The highest BCUT2D eigenvalue weighted by Gasteiger charge is 2.20. The quantitative estimate of drug-likeness (QED) is 0.630. The number of rotatable bonds is 7. The van der Waals surface area contributed by atoms with E-state index in [2.05, 4.69) is 40.2 Å². The summed E-state index contributed by atoms with van der Waals surface area (Å²) in [5.74, 6) is 1.04. The lowest BCUT2D eigenvalue weighted by atomic mass is 9.96. The van der Waals surface area contributed by atoms with Crippen LogP contribution in [0.15, 0.2) is 48.6 Å². The van der Waals surface area contributed by atoms with Crippen LogP contribution >= 0.6 is 0 Å². The van der Waals surface area contributed by atoms with Crippen molar-refractivity contribution in [2.45, 2.75) is 25.7 Å². The number of unbranched alkanes of at least 4 members (excludes halogenated alkanes) is 1. The zero-order valence-electron chi connectivity index (χ0n) is 18.1. The lowest BCUT2D eigenvalue weighted by Crippen LogP contribution is -2.46. The van der Waals surface area contributed by atoms with Crippen molar-refractivity contribution in [2.24, 2.45) is 0 Å². The molecule has 1 saturated heterocycles. The Morgan fingerprint density at radius 3 is 2.71 bits per heavy atom. The summed E-state index contributed by atoms with van der Waals surface area (Å²) in [6.45, 7) is 6.31. The molecule has 4 nitrogen and oxygen atoms in total. The van der Waals surface area contributed by atoms with Gasteiger partial charge >= 0.3 is 0 Å².